The number of amides is 2. The Bertz CT molecular complexity index is 1120. The normalized spacial score (nSPS) is 13.4. The van der Waals surface area contributed by atoms with E-state index in [2.05, 4.69) is 5.32 Å². The second-order valence-electron chi connectivity index (χ2n) is 8.54. The standard InChI is InChI=1S/C25H33Cl2N3O4S/c1-6-18(4)28-25(32)23(7-2)30(15-20-21(26)9-8-10-22(20)27)24(31)16-29(5)35(33,34)19-13-11-17(3)12-14-19/h8-14,18,23H,6-7,15-16H2,1-5H3,(H,28,32)/t18-,23+/m0/s1. The van der Waals surface area contributed by atoms with Crippen LogP contribution >= 0.6 is 23.2 Å². The highest BCUT2D eigenvalue weighted by atomic mass is 35.5. The van der Waals surface area contributed by atoms with Gasteiger partial charge in [-0.25, -0.2) is 8.42 Å². The molecule has 2 amide bonds. The van der Waals surface area contributed by atoms with Crippen LogP contribution in [-0.2, 0) is 26.2 Å². The van der Waals surface area contributed by atoms with Gasteiger partial charge in [0, 0.05) is 35.2 Å². The molecule has 10 heteroatoms. The van der Waals surface area contributed by atoms with Crippen molar-refractivity contribution in [3.05, 3.63) is 63.6 Å². The van der Waals surface area contributed by atoms with Gasteiger partial charge in [0.05, 0.1) is 11.4 Å². The molecular weight excluding hydrogens is 509 g/mol. The number of halogens is 2. The molecule has 0 spiro atoms. The van der Waals surface area contributed by atoms with Crippen molar-refractivity contribution in [2.45, 2.75) is 64.1 Å². The summed E-state index contributed by atoms with van der Waals surface area (Å²) in [4.78, 5) is 28.0. The van der Waals surface area contributed by atoms with Gasteiger partial charge in [0.2, 0.25) is 21.8 Å². The Morgan fingerprint density at radius 1 is 1.00 bits per heavy atom. The van der Waals surface area contributed by atoms with Crippen LogP contribution in [0, 0.1) is 6.92 Å². The molecule has 0 saturated carbocycles. The molecule has 0 bridgehead atoms. The van der Waals surface area contributed by atoms with Crippen LogP contribution in [0.4, 0.5) is 0 Å². The third kappa shape index (κ3) is 7.43. The molecule has 2 aromatic carbocycles. The fourth-order valence-electron chi connectivity index (χ4n) is 3.47. The molecular formula is C25H33Cl2N3O4S. The van der Waals surface area contributed by atoms with Crippen molar-refractivity contribution in [3.8, 4) is 0 Å². The average Bonchev–Trinajstić information content (AvgIpc) is 2.80. The number of nitrogens with zero attached hydrogens (tertiary/aromatic N) is 2. The summed E-state index contributed by atoms with van der Waals surface area (Å²) in [6.07, 6.45) is 1.05. The van der Waals surface area contributed by atoms with E-state index in [0.29, 0.717) is 22.0 Å². The number of carbonyl (C=O) groups is 2. The number of hydrogen-bond donors (Lipinski definition) is 1. The molecule has 2 atom stereocenters. The maximum absolute atomic E-state index is 13.5. The van der Waals surface area contributed by atoms with Crippen molar-refractivity contribution in [1.29, 1.82) is 0 Å². The number of carbonyl (C=O) groups excluding carboxylic acids is 2. The number of nitrogens with one attached hydrogen (secondary N) is 1. The number of hydrogen-bond acceptors (Lipinski definition) is 4. The number of aryl methyl sites for hydroxylation is 1. The Kier molecular flexibility index (Phi) is 10.6. The minimum absolute atomic E-state index is 0.0395. The summed E-state index contributed by atoms with van der Waals surface area (Å²) < 4.78 is 27.1. The molecule has 0 saturated heterocycles. The van der Waals surface area contributed by atoms with Gasteiger partial charge < -0.3 is 10.2 Å². The smallest absolute Gasteiger partial charge is 0.243 e. The van der Waals surface area contributed by atoms with E-state index in [-0.39, 0.29) is 23.4 Å². The number of sulfonamides is 1. The van der Waals surface area contributed by atoms with E-state index in [1.165, 1.54) is 24.1 Å². The topological polar surface area (TPSA) is 86.8 Å². The zero-order valence-electron chi connectivity index (χ0n) is 20.7. The van der Waals surface area contributed by atoms with E-state index in [9.17, 15) is 18.0 Å². The lowest BCUT2D eigenvalue weighted by atomic mass is 10.1. The molecule has 35 heavy (non-hydrogen) atoms. The number of likely N-dealkylation sites (N-methyl/N-ethyl adjacent to an activating group) is 1. The van der Waals surface area contributed by atoms with E-state index in [4.69, 9.17) is 23.2 Å². The molecule has 0 aliphatic carbocycles. The molecule has 0 aliphatic rings. The van der Waals surface area contributed by atoms with Crippen molar-refractivity contribution < 1.29 is 18.0 Å². The lowest BCUT2D eigenvalue weighted by Gasteiger charge is -2.33. The van der Waals surface area contributed by atoms with Gasteiger partial charge in [-0.15, -0.1) is 0 Å². The van der Waals surface area contributed by atoms with Crippen molar-refractivity contribution in [3.63, 3.8) is 0 Å². The molecule has 1 N–H and O–H groups in total. The summed E-state index contributed by atoms with van der Waals surface area (Å²) in [6, 6.07) is 10.5. The van der Waals surface area contributed by atoms with Crippen LogP contribution in [0.2, 0.25) is 10.0 Å². The van der Waals surface area contributed by atoms with Gasteiger partial charge >= 0.3 is 0 Å². The fourth-order valence-corrected chi connectivity index (χ4v) is 5.11. The first-order chi connectivity index (χ1) is 16.4. The number of rotatable bonds is 11. The second kappa shape index (κ2) is 12.7. The third-order valence-corrected chi connectivity index (χ3v) is 8.39. The fraction of sp³-hybridized carbons (Fsp3) is 0.440. The minimum Gasteiger partial charge on any atom is -0.352 e. The van der Waals surface area contributed by atoms with Crippen molar-refractivity contribution in [2.24, 2.45) is 0 Å². The molecule has 2 aromatic rings. The SMILES string of the molecule is CC[C@H](C(=O)N[C@@H](C)CC)N(Cc1c(Cl)cccc1Cl)C(=O)CN(C)S(=O)(=O)c1ccc(C)cc1. The van der Waals surface area contributed by atoms with Gasteiger partial charge in [-0.2, -0.15) is 4.31 Å². The molecule has 7 nitrogen and oxygen atoms in total. The lowest BCUT2D eigenvalue weighted by Crippen LogP contribution is -2.53. The van der Waals surface area contributed by atoms with Crippen LogP contribution < -0.4 is 5.32 Å². The zero-order chi connectivity index (χ0) is 26.3. The highest BCUT2D eigenvalue weighted by Crippen LogP contribution is 2.27. The lowest BCUT2D eigenvalue weighted by molar-refractivity contribution is -0.141. The highest BCUT2D eigenvalue weighted by Gasteiger charge is 2.32. The van der Waals surface area contributed by atoms with Gasteiger partial charge in [-0.05, 0) is 51.0 Å². The van der Waals surface area contributed by atoms with Crippen LogP contribution in [0.25, 0.3) is 0 Å². The predicted octanol–water partition coefficient (Wildman–Crippen LogP) is 4.64. The second-order valence-corrected chi connectivity index (χ2v) is 11.4. The highest BCUT2D eigenvalue weighted by molar-refractivity contribution is 7.89. The Labute approximate surface area is 218 Å². The van der Waals surface area contributed by atoms with E-state index < -0.39 is 28.5 Å². The summed E-state index contributed by atoms with van der Waals surface area (Å²) in [7, 11) is -2.57. The molecule has 0 unspecified atom stereocenters. The van der Waals surface area contributed by atoms with Crippen molar-refractivity contribution in [1.82, 2.24) is 14.5 Å². The van der Waals surface area contributed by atoms with Crippen LogP contribution in [0.1, 0.15) is 44.7 Å². The quantitative estimate of drug-likeness (QED) is 0.448. The summed E-state index contributed by atoms with van der Waals surface area (Å²) in [5.41, 5.74) is 1.41. The maximum atomic E-state index is 13.5. The zero-order valence-corrected chi connectivity index (χ0v) is 23.0. The van der Waals surface area contributed by atoms with E-state index >= 15 is 0 Å². The van der Waals surface area contributed by atoms with Gasteiger partial charge in [-0.1, -0.05) is 60.8 Å². The Morgan fingerprint density at radius 3 is 2.09 bits per heavy atom. The number of benzene rings is 2. The summed E-state index contributed by atoms with van der Waals surface area (Å²) >= 11 is 12.7. The summed E-state index contributed by atoms with van der Waals surface area (Å²) in [5.74, 6) is -0.854. The summed E-state index contributed by atoms with van der Waals surface area (Å²) in [5, 5.41) is 3.62. The predicted molar refractivity (Wildman–Crippen MR) is 140 cm³/mol. The molecule has 0 fully saturated rings. The molecule has 0 heterocycles. The minimum atomic E-state index is -3.92. The Balaban J connectivity index is 2.39. The monoisotopic (exact) mass is 541 g/mol. The van der Waals surface area contributed by atoms with Crippen LogP contribution in [0.5, 0.6) is 0 Å². The van der Waals surface area contributed by atoms with E-state index in [1.54, 1.807) is 37.3 Å². The van der Waals surface area contributed by atoms with Crippen LogP contribution in [-0.4, -0.2) is 55.1 Å². The van der Waals surface area contributed by atoms with Crippen LogP contribution in [0.15, 0.2) is 47.4 Å². The molecule has 192 valence electrons. The molecule has 0 aromatic heterocycles. The van der Waals surface area contributed by atoms with Gasteiger partial charge in [0.25, 0.3) is 0 Å². The average molecular weight is 543 g/mol. The first-order valence-electron chi connectivity index (χ1n) is 11.5. The van der Waals surface area contributed by atoms with Gasteiger partial charge in [0.1, 0.15) is 6.04 Å². The molecule has 0 aliphatic heterocycles. The van der Waals surface area contributed by atoms with E-state index in [0.717, 1.165) is 16.3 Å². The summed E-state index contributed by atoms with van der Waals surface area (Å²) in [6.45, 7) is 6.99. The van der Waals surface area contributed by atoms with Gasteiger partial charge in [-0.3, -0.25) is 9.59 Å². The van der Waals surface area contributed by atoms with E-state index in [1.807, 2.05) is 20.8 Å². The largest absolute Gasteiger partial charge is 0.352 e. The van der Waals surface area contributed by atoms with Crippen molar-refractivity contribution >= 4 is 45.0 Å². The van der Waals surface area contributed by atoms with Crippen molar-refractivity contribution in [2.75, 3.05) is 13.6 Å². The maximum Gasteiger partial charge on any atom is 0.243 e. The Morgan fingerprint density at radius 2 is 1.57 bits per heavy atom. The first-order valence-corrected chi connectivity index (χ1v) is 13.7. The van der Waals surface area contributed by atoms with Gasteiger partial charge in [0.15, 0.2) is 0 Å². The Hall–Kier alpha value is -2.13. The molecule has 0 radical (unpaired) electrons. The molecule has 2 rings (SSSR count). The first kappa shape index (κ1) is 29.1. The van der Waals surface area contributed by atoms with Crippen LogP contribution in [0.3, 0.4) is 0 Å². The third-order valence-electron chi connectivity index (χ3n) is 5.86.